The van der Waals surface area contributed by atoms with E-state index in [4.69, 9.17) is 9.83 Å². The lowest BCUT2D eigenvalue weighted by molar-refractivity contribution is -0.384. The third-order valence-corrected chi connectivity index (χ3v) is 5.35. The molecule has 3 heterocycles. The van der Waals surface area contributed by atoms with Crippen LogP contribution >= 0.6 is 23.1 Å². The minimum Gasteiger partial charge on any atom is -0.456 e. The maximum absolute atomic E-state index is 12.6. The lowest BCUT2D eigenvalue weighted by atomic mass is 10.1. The first-order chi connectivity index (χ1) is 13.0. The number of amidine groups is 1. The number of nitrogens with zero attached hydrogens (tertiary/aromatic N) is 3. The highest BCUT2D eigenvalue weighted by atomic mass is 32.2. The van der Waals surface area contributed by atoms with Crippen molar-refractivity contribution in [2.45, 2.75) is 0 Å². The minimum absolute atomic E-state index is 0.0610. The summed E-state index contributed by atoms with van der Waals surface area (Å²) in [6.07, 6.45) is 3.09. The van der Waals surface area contributed by atoms with Gasteiger partial charge in [-0.15, -0.1) is 11.3 Å². The Labute approximate surface area is 160 Å². The second-order valence-corrected chi connectivity index (χ2v) is 7.25. The fourth-order valence-corrected chi connectivity index (χ4v) is 4.06. The number of hydrogen-bond acceptors (Lipinski definition) is 8. The lowest BCUT2D eigenvalue weighted by Crippen LogP contribution is -2.27. The number of carbonyl (C=O) groups excluding carboxylic acids is 1. The number of benzene rings is 1. The largest absolute Gasteiger partial charge is 0.456 e. The Bertz CT molecular complexity index is 1090. The van der Waals surface area contributed by atoms with Gasteiger partial charge in [0.15, 0.2) is 10.3 Å². The Morgan fingerprint density at radius 3 is 2.81 bits per heavy atom. The molecule has 0 unspecified atom stereocenters. The van der Waals surface area contributed by atoms with Crippen LogP contribution in [-0.2, 0) is 4.79 Å². The van der Waals surface area contributed by atoms with Crippen LogP contribution in [0, 0.1) is 15.5 Å². The van der Waals surface area contributed by atoms with Crippen LogP contribution < -0.4 is 4.90 Å². The molecule has 2 aromatic heterocycles. The smallest absolute Gasteiger partial charge is 0.280 e. The van der Waals surface area contributed by atoms with E-state index in [0.717, 1.165) is 11.8 Å². The standard InChI is InChI=1S/C17H10N4O4S2/c18-16-20(17-19-7-8-26-17)15(22)14(27-16)9-10-5-6-13(25-10)11-3-1-2-4-12(11)21(23)24/h1-9,18H/b14-9-,18-16?. The summed E-state index contributed by atoms with van der Waals surface area (Å²) in [6.45, 7) is 0. The molecule has 0 atom stereocenters. The van der Waals surface area contributed by atoms with Gasteiger partial charge >= 0.3 is 0 Å². The van der Waals surface area contributed by atoms with E-state index in [1.165, 1.54) is 28.4 Å². The van der Waals surface area contributed by atoms with Crippen LogP contribution in [0.25, 0.3) is 17.4 Å². The summed E-state index contributed by atoms with van der Waals surface area (Å²) in [5, 5.41) is 21.4. The lowest BCUT2D eigenvalue weighted by Gasteiger charge is -2.08. The minimum atomic E-state index is -0.473. The van der Waals surface area contributed by atoms with Crippen LogP contribution in [0.5, 0.6) is 0 Å². The van der Waals surface area contributed by atoms with Gasteiger partial charge in [0, 0.05) is 23.7 Å². The number of thioether (sulfide) groups is 1. The zero-order valence-electron chi connectivity index (χ0n) is 13.5. The van der Waals surface area contributed by atoms with Gasteiger partial charge in [0.25, 0.3) is 11.6 Å². The molecule has 1 aromatic carbocycles. The number of nitro groups is 1. The maximum atomic E-state index is 12.6. The van der Waals surface area contributed by atoms with Crippen molar-refractivity contribution < 1.29 is 14.1 Å². The van der Waals surface area contributed by atoms with Crippen LogP contribution in [-0.4, -0.2) is 21.0 Å². The fraction of sp³-hybridized carbons (Fsp3) is 0. The van der Waals surface area contributed by atoms with Crippen LogP contribution in [0.15, 0.2) is 57.3 Å². The molecule has 1 aliphatic heterocycles. The Morgan fingerprint density at radius 2 is 2.07 bits per heavy atom. The van der Waals surface area contributed by atoms with Gasteiger partial charge in [0.2, 0.25) is 0 Å². The SMILES string of the molecule is N=C1S/C(=C\c2ccc(-c3ccccc3[N+](=O)[O-])o2)C(=O)N1c1nccs1. The van der Waals surface area contributed by atoms with Crippen LogP contribution in [0.4, 0.5) is 10.8 Å². The Kier molecular flexibility index (Phi) is 4.34. The van der Waals surface area contributed by atoms with Gasteiger partial charge in [-0.1, -0.05) is 12.1 Å². The van der Waals surface area contributed by atoms with E-state index in [1.54, 1.807) is 41.9 Å². The van der Waals surface area contributed by atoms with Crippen molar-refractivity contribution in [3.63, 3.8) is 0 Å². The van der Waals surface area contributed by atoms with Crippen molar-refractivity contribution >= 4 is 51.1 Å². The first-order valence-electron chi connectivity index (χ1n) is 7.60. The maximum Gasteiger partial charge on any atom is 0.280 e. The topological polar surface area (TPSA) is 113 Å². The predicted molar refractivity (Wildman–Crippen MR) is 104 cm³/mol. The summed E-state index contributed by atoms with van der Waals surface area (Å²) < 4.78 is 5.68. The number of hydrogen-bond donors (Lipinski definition) is 1. The molecule has 134 valence electrons. The normalized spacial score (nSPS) is 15.7. The zero-order chi connectivity index (χ0) is 19.0. The van der Waals surface area contributed by atoms with Crippen molar-refractivity contribution in [1.29, 1.82) is 5.41 Å². The average molecular weight is 398 g/mol. The summed E-state index contributed by atoms with van der Waals surface area (Å²) >= 11 is 2.27. The Morgan fingerprint density at radius 1 is 1.26 bits per heavy atom. The molecule has 8 nitrogen and oxygen atoms in total. The molecule has 0 saturated carbocycles. The Balaban J connectivity index is 1.64. The first-order valence-corrected chi connectivity index (χ1v) is 9.30. The van der Waals surface area contributed by atoms with Crippen molar-refractivity contribution in [3.05, 3.63) is 68.8 Å². The van der Waals surface area contributed by atoms with Gasteiger partial charge in [-0.2, -0.15) is 0 Å². The number of anilines is 1. The quantitative estimate of drug-likeness (QED) is 0.397. The van der Waals surface area contributed by atoms with Crippen molar-refractivity contribution in [2.24, 2.45) is 0 Å². The summed E-state index contributed by atoms with van der Waals surface area (Å²) in [4.78, 5) is 28.9. The van der Waals surface area contributed by atoms with Crippen LogP contribution in [0.3, 0.4) is 0 Å². The number of carbonyl (C=O) groups is 1. The monoisotopic (exact) mass is 398 g/mol. The molecule has 1 saturated heterocycles. The fourth-order valence-electron chi connectivity index (χ4n) is 2.53. The second kappa shape index (κ2) is 6.82. The predicted octanol–water partition coefficient (Wildman–Crippen LogP) is 4.37. The van der Waals surface area contributed by atoms with E-state index in [9.17, 15) is 14.9 Å². The number of thiazole rings is 1. The van der Waals surface area contributed by atoms with Gasteiger partial charge in [-0.05, 0) is 30.0 Å². The van der Waals surface area contributed by atoms with Crippen LogP contribution in [0.2, 0.25) is 0 Å². The highest BCUT2D eigenvalue weighted by molar-refractivity contribution is 8.19. The number of amides is 1. The number of para-hydroxylation sites is 1. The van der Waals surface area contributed by atoms with E-state index < -0.39 is 4.92 Å². The first kappa shape index (κ1) is 17.2. The zero-order valence-corrected chi connectivity index (χ0v) is 15.1. The molecule has 4 rings (SSSR count). The average Bonchev–Trinajstić information content (AvgIpc) is 3.37. The van der Waals surface area contributed by atoms with Gasteiger partial charge < -0.3 is 4.42 Å². The third kappa shape index (κ3) is 3.15. The third-order valence-electron chi connectivity index (χ3n) is 3.70. The molecular formula is C17H10N4O4S2. The molecule has 10 heteroatoms. The van der Waals surface area contributed by atoms with E-state index in [0.29, 0.717) is 27.1 Å². The van der Waals surface area contributed by atoms with E-state index in [1.807, 2.05) is 0 Å². The molecule has 1 N–H and O–H groups in total. The van der Waals surface area contributed by atoms with Gasteiger partial charge in [0.05, 0.1) is 15.4 Å². The molecule has 0 spiro atoms. The highest BCUT2D eigenvalue weighted by Crippen LogP contribution is 2.37. The number of nitro benzene ring substituents is 1. The van der Waals surface area contributed by atoms with Crippen molar-refractivity contribution in [2.75, 3.05) is 4.90 Å². The molecule has 1 aliphatic rings. The molecule has 0 aliphatic carbocycles. The van der Waals surface area contributed by atoms with E-state index in [-0.39, 0.29) is 16.8 Å². The van der Waals surface area contributed by atoms with E-state index >= 15 is 0 Å². The number of aromatic nitrogens is 1. The molecule has 1 amide bonds. The molecular weight excluding hydrogens is 388 g/mol. The second-order valence-electron chi connectivity index (χ2n) is 5.35. The van der Waals surface area contributed by atoms with Gasteiger partial charge in [-0.25, -0.2) is 9.88 Å². The van der Waals surface area contributed by atoms with E-state index in [2.05, 4.69) is 4.98 Å². The molecule has 1 fully saturated rings. The highest BCUT2D eigenvalue weighted by Gasteiger charge is 2.35. The molecule has 27 heavy (non-hydrogen) atoms. The summed E-state index contributed by atoms with van der Waals surface area (Å²) in [7, 11) is 0. The van der Waals surface area contributed by atoms with Gasteiger partial charge in [-0.3, -0.25) is 20.3 Å². The molecule has 3 aromatic rings. The van der Waals surface area contributed by atoms with Crippen molar-refractivity contribution in [1.82, 2.24) is 4.98 Å². The van der Waals surface area contributed by atoms with Crippen LogP contribution in [0.1, 0.15) is 5.76 Å². The Hall–Kier alpha value is -3.24. The van der Waals surface area contributed by atoms with Crippen molar-refractivity contribution in [3.8, 4) is 11.3 Å². The number of rotatable bonds is 4. The molecule has 0 bridgehead atoms. The van der Waals surface area contributed by atoms with Gasteiger partial charge in [0.1, 0.15) is 11.5 Å². The number of nitrogens with one attached hydrogen (secondary N) is 1. The number of furan rings is 1. The molecule has 0 radical (unpaired) electrons. The summed E-state index contributed by atoms with van der Waals surface area (Å²) in [5.41, 5.74) is 0.295. The summed E-state index contributed by atoms with van der Waals surface area (Å²) in [5.74, 6) is 0.341. The summed E-state index contributed by atoms with van der Waals surface area (Å²) in [6, 6.07) is 9.51.